The summed E-state index contributed by atoms with van der Waals surface area (Å²) in [6, 6.07) is 3.13. The Morgan fingerprint density at radius 2 is 1.94 bits per heavy atom. The van der Waals surface area contributed by atoms with Crippen LogP contribution in [-0.4, -0.2) is 58.8 Å². The molecule has 9 heteroatoms. The molecule has 1 unspecified atom stereocenters. The van der Waals surface area contributed by atoms with Gasteiger partial charge in [0.2, 0.25) is 17.4 Å². The third-order valence-electron chi connectivity index (χ3n) is 6.42. The van der Waals surface area contributed by atoms with Crippen molar-refractivity contribution < 1.29 is 18.8 Å². The van der Waals surface area contributed by atoms with E-state index >= 15 is 0 Å². The number of rotatable bonds is 3. The first-order chi connectivity index (χ1) is 15.1. The topological polar surface area (TPSA) is 122 Å². The van der Waals surface area contributed by atoms with E-state index in [2.05, 4.69) is 24.1 Å². The smallest absolute Gasteiger partial charge is 0.321 e. The Morgan fingerprint density at radius 1 is 1.19 bits per heavy atom. The number of primary amides is 1. The van der Waals surface area contributed by atoms with Gasteiger partial charge < -0.3 is 25.3 Å². The van der Waals surface area contributed by atoms with Gasteiger partial charge in [0.15, 0.2) is 0 Å². The van der Waals surface area contributed by atoms with E-state index < -0.39 is 5.91 Å². The van der Waals surface area contributed by atoms with E-state index in [4.69, 9.17) is 10.2 Å². The minimum Gasteiger partial charge on any atom is -0.430 e. The fraction of sp³-hybridized carbons (Fsp3) is 0.565. The summed E-state index contributed by atoms with van der Waals surface area (Å²) in [6.45, 7) is 8.60. The Kier molecular flexibility index (Phi) is 5.83. The van der Waals surface area contributed by atoms with Crippen LogP contribution in [-0.2, 0) is 4.79 Å². The van der Waals surface area contributed by atoms with E-state index in [1.165, 1.54) is 0 Å². The standard InChI is InChI=1S/C23H31N5O4/c1-14-7-8-16-17(18(19(24)29)32-20(16)25-14)26-22(31)27-10-4-6-15(12-27)21(30)28-11-5-9-23(2,3)13-28/h7-8,15H,4-6,9-13H2,1-3H3,(H2,24,29)(H,26,31). The van der Waals surface area contributed by atoms with Gasteiger partial charge in [-0.15, -0.1) is 0 Å². The zero-order chi connectivity index (χ0) is 23.0. The van der Waals surface area contributed by atoms with Gasteiger partial charge in [-0.05, 0) is 50.2 Å². The number of furan rings is 1. The number of aryl methyl sites for hydroxylation is 1. The van der Waals surface area contributed by atoms with Crippen LogP contribution in [0, 0.1) is 18.3 Å². The first-order valence-electron chi connectivity index (χ1n) is 11.2. The zero-order valence-electron chi connectivity index (χ0n) is 18.9. The van der Waals surface area contributed by atoms with E-state index in [-0.39, 0.29) is 40.4 Å². The monoisotopic (exact) mass is 441 g/mol. The van der Waals surface area contributed by atoms with E-state index in [0.29, 0.717) is 18.5 Å². The van der Waals surface area contributed by atoms with Crippen LogP contribution in [0.1, 0.15) is 55.8 Å². The number of aromatic nitrogens is 1. The largest absolute Gasteiger partial charge is 0.430 e. The number of hydrogen-bond donors (Lipinski definition) is 2. The van der Waals surface area contributed by atoms with Crippen LogP contribution in [0.5, 0.6) is 0 Å². The SMILES string of the molecule is Cc1ccc2c(NC(=O)N3CCCC(C(=O)N4CCCC(C)(C)C4)C3)c(C(N)=O)oc2n1. The molecule has 2 aliphatic heterocycles. The van der Waals surface area contributed by atoms with Gasteiger partial charge in [-0.3, -0.25) is 9.59 Å². The summed E-state index contributed by atoms with van der Waals surface area (Å²) in [5.74, 6) is -1.01. The molecule has 0 spiro atoms. The number of urea groups is 1. The number of piperidine rings is 2. The van der Waals surface area contributed by atoms with Gasteiger partial charge in [-0.25, -0.2) is 9.78 Å². The summed E-state index contributed by atoms with van der Waals surface area (Å²) in [5, 5.41) is 3.30. The summed E-state index contributed by atoms with van der Waals surface area (Å²) in [6.07, 6.45) is 3.64. The summed E-state index contributed by atoms with van der Waals surface area (Å²) < 4.78 is 5.51. The van der Waals surface area contributed by atoms with Gasteiger partial charge >= 0.3 is 6.03 Å². The highest BCUT2D eigenvalue weighted by atomic mass is 16.4. The van der Waals surface area contributed by atoms with E-state index in [0.717, 1.165) is 44.5 Å². The number of nitrogens with zero attached hydrogens (tertiary/aromatic N) is 3. The molecule has 2 aromatic heterocycles. The molecule has 0 saturated carbocycles. The molecular weight excluding hydrogens is 410 g/mol. The van der Waals surface area contributed by atoms with Crippen molar-refractivity contribution in [2.75, 3.05) is 31.5 Å². The molecule has 0 aromatic carbocycles. The van der Waals surface area contributed by atoms with Crippen LogP contribution in [0.2, 0.25) is 0 Å². The molecule has 2 aromatic rings. The van der Waals surface area contributed by atoms with Crippen molar-refractivity contribution in [3.05, 3.63) is 23.6 Å². The van der Waals surface area contributed by atoms with Crippen molar-refractivity contribution in [1.82, 2.24) is 14.8 Å². The van der Waals surface area contributed by atoms with Crippen LogP contribution < -0.4 is 11.1 Å². The highest BCUT2D eigenvalue weighted by molar-refractivity contribution is 6.09. The summed E-state index contributed by atoms with van der Waals surface area (Å²) >= 11 is 0. The molecule has 2 aliphatic rings. The zero-order valence-corrected chi connectivity index (χ0v) is 18.9. The molecule has 4 heterocycles. The molecule has 0 radical (unpaired) electrons. The Balaban J connectivity index is 1.49. The lowest BCUT2D eigenvalue weighted by Crippen LogP contribution is -2.51. The van der Waals surface area contributed by atoms with Crippen molar-refractivity contribution in [2.45, 2.75) is 46.5 Å². The number of nitrogens with two attached hydrogens (primary N) is 1. The number of likely N-dealkylation sites (tertiary alicyclic amines) is 2. The molecule has 0 aliphatic carbocycles. The van der Waals surface area contributed by atoms with Gasteiger partial charge in [0.25, 0.3) is 5.91 Å². The minimum atomic E-state index is -0.782. The first kappa shape index (κ1) is 22.1. The molecule has 32 heavy (non-hydrogen) atoms. The number of carbonyl (C=O) groups is 3. The third kappa shape index (κ3) is 4.42. The highest BCUT2D eigenvalue weighted by Gasteiger charge is 2.35. The second kappa shape index (κ2) is 8.44. The van der Waals surface area contributed by atoms with Gasteiger partial charge in [-0.1, -0.05) is 13.8 Å². The Morgan fingerprint density at radius 3 is 2.66 bits per heavy atom. The lowest BCUT2D eigenvalue weighted by Gasteiger charge is -2.41. The lowest BCUT2D eigenvalue weighted by atomic mass is 9.83. The fourth-order valence-electron chi connectivity index (χ4n) is 4.79. The third-order valence-corrected chi connectivity index (χ3v) is 6.42. The quantitative estimate of drug-likeness (QED) is 0.758. The van der Waals surface area contributed by atoms with Crippen LogP contribution in [0.15, 0.2) is 16.5 Å². The number of anilines is 1. The number of pyridine rings is 1. The number of hydrogen-bond acceptors (Lipinski definition) is 5. The van der Waals surface area contributed by atoms with Crippen molar-refractivity contribution in [3.8, 4) is 0 Å². The Labute approximate surface area is 187 Å². The number of amides is 4. The average Bonchev–Trinajstić information content (AvgIpc) is 3.10. The van der Waals surface area contributed by atoms with Crippen LogP contribution in [0.3, 0.4) is 0 Å². The molecule has 4 rings (SSSR count). The average molecular weight is 442 g/mol. The summed E-state index contributed by atoms with van der Waals surface area (Å²) in [5.41, 5.74) is 6.77. The Hall–Kier alpha value is -3.10. The van der Waals surface area contributed by atoms with Gasteiger partial charge in [0.05, 0.1) is 11.3 Å². The molecule has 0 bridgehead atoms. The maximum absolute atomic E-state index is 13.2. The summed E-state index contributed by atoms with van der Waals surface area (Å²) in [4.78, 5) is 46.0. The minimum absolute atomic E-state index is 0.125. The first-order valence-corrected chi connectivity index (χ1v) is 11.2. The molecule has 2 fully saturated rings. The predicted molar refractivity (Wildman–Crippen MR) is 120 cm³/mol. The highest BCUT2D eigenvalue weighted by Crippen LogP contribution is 2.32. The van der Waals surface area contributed by atoms with Crippen LogP contribution in [0.4, 0.5) is 10.5 Å². The van der Waals surface area contributed by atoms with Gasteiger partial charge in [0.1, 0.15) is 5.69 Å². The molecule has 4 amide bonds. The van der Waals surface area contributed by atoms with Crippen molar-refractivity contribution in [2.24, 2.45) is 17.1 Å². The predicted octanol–water partition coefficient (Wildman–Crippen LogP) is 3.13. The normalized spacial score (nSPS) is 20.9. The van der Waals surface area contributed by atoms with Gasteiger partial charge in [0, 0.05) is 31.9 Å². The Bertz CT molecular complexity index is 1060. The molecular formula is C23H31N5O4. The second-order valence-corrected chi connectivity index (χ2v) is 9.72. The molecule has 3 N–H and O–H groups in total. The number of nitrogens with one attached hydrogen (secondary N) is 1. The molecule has 172 valence electrons. The van der Waals surface area contributed by atoms with Crippen LogP contribution in [0.25, 0.3) is 11.1 Å². The molecule has 9 nitrogen and oxygen atoms in total. The molecule has 2 saturated heterocycles. The maximum atomic E-state index is 13.2. The fourth-order valence-corrected chi connectivity index (χ4v) is 4.79. The second-order valence-electron chi connectivity index (χ2n) is 9.72. The van der Waals surface area contributed by atoms with Crippen LogP contribution >= 0.6 is 0 Å². The van der Waals surface area contributed by atoms with Gasteiger partial charge in [-0.2, -0.15) is 0 Å². The van der Waals surface area contributed by atoms with Crippen molar-refractivity contribution in [3.63, 3.8) is 0 Å². The number of fused-ring (bicyclic) bond motifs is 1. The maximum Gasteiger partial charge on any atom is 0.321 e. The van der Waals surface area contributed by atoms with E-state index in [1.807, 2.05) is 4.90 Å². The summed E-state index contributed by atoms with van der Waals surface area (Å²) in [7, 11) is 0. The van der Waals surface area contributed by atoms with E-state index in [1.54, 1.807) is 24.0 Å². The van der Waals surface area contributed by atoms with E-state index in [9.17, 15) is 14.4 Å². The van der Waals surface area contributed by atoms with Crippen molar-refractivity contribution in [1.29, 1.82) is 0 Å². The molecule has 1 atom stereocenters. The van der Waals surface area contributed by atoms with Crippen molar-refractivity contribution >= 4 is 34.6 Å². The number of carbonyl (C=O) groups excluding carboxylic acids is 3. The lowest BCUT2D eigenvalue weighted by molar-refractivity contribution is -0.140.